The predicted octanol–water partition coefficient (Wildman–Crippen LogP) is 3.64. The van der Waals surface area contributed by atoms with Crippen LogP contribution >= 0.6 is 0 Å². The summed E-state index contributed by atoms with van der Waals surface area (Å²) in [4.78, 5) is 12.1. The first-order valence-corrected chi connectivity index (χ1v) is 9.87. The van der Waals surface area contributed by atoms with Crippen LogP contribution in [0.4, 0.5) is 0 Å². The second kappa shape index (κ2) is 8.78. The number of sulfonamides is 1. The number of esters is 1. The largest absolute Gasteiger partial charge is 0.423 e. The Morgan fingerprint density at radius 3 is 2.12 bits per heavy atom. The Labute approximate surface area is 155 Å². The van der Waals surface area contributed by atoms with Crippen molar-refractivity contribution in [2.24, 2.45) is 0 Å². The molecule has 2 rings (SSSR count). The van der Waals surface area contributed by atoms with E-state index in [-0.39, 0.29) is 4.90 Å². The molecule has 0 heterocycles. The zero-order valence-electron chi connectivity index (χ0n) is 15.2. The first-order chi connectivity index (χ1) is 12.4. The molecule has 138 valence electrons. The van der Waals surface area contributed by atoms with Gasteiger partial charge in [-0.3, -0.25) is 0 Å². The molecular formula is C20H23NO4S. The average Bonchev–Trinajstić information content (AvgIpc) is 2.63. The molecule has 0 aliphatic carbocycles. The normalized spacial score (nSPS) is 11.8. The lowest BCUT2D eigenvalue weighted by Crippen LogP contribution is -2.30. The maximum Gasteiger partial charge on any atom is 0.336 e. The second-order valence-electron chi connectivity index (χ2n) is 5.73. The van der Waals surface area contributed by atoms with Gasteiger partial charge in [0, 0.05) is 19.2 Å². The molecule has 0 N–H and O–H groups in total. The van der Waals surface area contributed by atoms with E-state index in [4.69, 9.17) is 4.74 Å². The van der Waals surface area contributed by atoms with E-state index in [1.165, 1.54) is 10.4 Å². The van der Waals surface area contributed by atoms with Crippen molar-refractivity contribution in [2.75, 3.05) is 13.1 Å². The van der Waals surface area contributed by atoms with Crippen LogP contribution in [0.1, 0.15) is 25.0 Å². The van der Waals surface area contributed by atoms with Gasteiger partial charge in [-0.05, 0) is 42.8 Å². The van der Waals surface area contributed by atoms with Gasteiger partial charge in [0.25, 0.3) is 0 Å². The number of carbonyl (C=O) groups excluding carboxylic acids is 1. The zero-order chi connectivity index (χ0) is 19.2. The minimum Gasteiger partial charge on any atom is -0.423 e. The molecule has 0 aromatic heterocycles. The van der Waals surface area contributed by atoms with Gasteiger partial charge in [-0.1, -0.05) is 43.7 Å². The van der Waals surface area contributed by atoms with Crippen LogP contribution in [0, 0.1) is 6.92 Å². The van der Waals surface area contributed by atoms with Gasteiger partial charge < -0.3 is 4.74 Å². The molecule has 0 radical (unpaired) electrons. The van der Waals surface area contributed by atoms with Gasteiger partial charge in [-0.15, -0.1) is 0 Å². The van der Waals surface area contributed by atoms with E-state index < -0.39 is 16.0 Å². The predicted molar refractivity (Wildman–Crippen MR) is 102 cm³/mol. The Hall–Kier alpha value is -2.44. The molecule has 0 atom stereocenters. The van der Waals surface area contributed by atoms with E-state index in [1.807, 2.05) is 19.1 Å². The van der Waals surface area contributed by atoms with Crippen LogP contribution < -0.4 is 4.74 Å². The number of aryl methyl sites for hydroxylation is 1. The fourth-order valence-electron chi connectivity index (χ4n) is 2.38. The highest BCUT2D eigenvalue weighted by molar-refractivity contribution is 7.89. The molecule has 0 fully saturated rings. The van der Waals surface area contributed by atoms with Gasteiger partial charge in [0.05, 0.1) is 4.90 Å². The molecule has 0 spiro atoms. The molecule has 6 heteroatoms. The van der Waals surface area contributed by atoms with E-state index >= 15 is 0 Å². The molecule has 0 bridgehead atoms. The summed E-state index contributed by atoms with van der Waals surface area (Å²) in [7, 11) is -3.48. The lowest BCUT2D eigenvalue weighted by Gasteiger charge is -2.18. The number of rotatable bonds is 7. The van der Waals surface area contributed by atoms with E-state index in [0.717, 1.165) is 5.56 Å². The van der Waals surface area contributed by atoms with Gasteiger partial charge >= 0.3 is 5.97 Å². The lowest BCUT2D eigenvalue weighted by molar-refractivity contribution is -0.128. The fraction of sp³-hybridized carbons (Fsp3) is 0.250. The molecule has 5 nitrogen and oxygen atoms in total. The summed E-state index contributed by atoms with van der Waals surface area (Å²) in [6.45, 7) is 6.40. The van der Waals surface area contributed by atoms with Crippen LogP contribution in [0.2, 0.25) is 0 Å². The summed E-state index contributed by atoms with van der Waals surface area (Å²) < 4.78 is 31.5. The van der Waals surface area contributed by atoms with Gasteiger partial charge in [0.2, 0.25) is 10.0 Å². The quantitative estimate of drug-likeness (QED) is 0.422. The summed E-state index contributed by atoms with van der Waals surface area (Å²) in [5.41, 5.74) is 1.80. The number of ether oxygens (including phenoxy) is 1. The molecule has 0 saturated heterocycles. The van der Waals surface area contributed by atoms with Crippen molar-refractivity contribution in [2.45, 2.75) is 25.7 Å². The summed E-state index contributed by atoms with van der Waals surface area (Å²) in [6.07, 6.45) is 2.90. The van der Waals surface area contributed by atoms with Crippen molar-refractivity contribution in [3.63, 3.8) is 0 Å². The topological polar surface area (TPSA) is 63.7 Å². The molecule has 26 heavy (non-hydrogen) atoms. The SMILES string of the molecule is CCN(CC)S(=O)(=O)c1ccc(/C=C/C(=O)Oc2ccc(C)cc2)cc1. The molecule has 0 unspecified atom stereocenters. The minimum atomic E-state index is -3.48. The maximum atomic E-state index is 12.4. The van der Waals surface area contributed by atoms with Crippen molar-refractivity contribution >= 4 is 22.1 Å². The summed E-state index contributed by atoms with van der Waals surface area (Å²) in [5, 5.41) is 0. The first kappa shape index (κ1) is 19.9. The smallest absolute Gasteiger partial charge is 0.336 e. The third-order valence-electron chi connectivity index (χ3n) is 3.87. The van der Waals surface area contributed by atoms with Crippen molar-refractivity contribution in [1.82, 2.24) is 4.31 Å². The highest BCUT2D eigenvalue weighted by Crippen LogP contribution is 2.17. The number of hydrogen-bond donors (Lipinski definition) is 0. The Bertz CT molecular complexity index is 865. The molecular weight excluding hydrogens is 350 g/mol. The van der Waals surface area contributed by atoms with Crippen molar-refractivity contribution in [1.29, 1.82) is 0 Å². The molecule has 0 aliphatic rings. The first-order valence-electron chi connectivity index (χ1n) is 8.43. The van der Waals surface area contributed by atoms with E-state index in [9.17, 15) is 13.2 Å². The van der Waals surface area contributed by atoms with Crippen LogP contribution in [0.5, 0.6) is 5.75 Å². The summed E-state index contributed by atoms with van der Waals surface area (Å²) in [5.74, 6) is -0.0143. The Morgan fingerprint density at radius 2 is 1.58 bits per heavy atom. The van der Waals surface area contributed by atoms with Crippen LogP contribution in [0.15, 0.2) is 59.5 Å². The van der Waals surface area contributed by atoms with Crippen LogP contribution in [0.25, 0.3) is 6.08 Å². The van der Waals surface area contributed by atoms with Crippen LogP contribution in [-0.4, -0.2) is 31.8 Å². The van der Waals surface area contributed by atoms with Crippen LogP contribution in [-0.2, 0) is 14.8 Å². The van der Waals surface area contributed by atoms with E-state index in [2.05, 4.69) is 0 Å². The Kier molecular flexibility index (Phi) is 6.71. The maximum absolute atomic E-state index is 12.4. The second-order valence-corrected chi connectivity index (χ2v) is 7.66. The molecule has 0 saturated carbocycles. The monoisotopic (exact) mass is 373 g/mol. The van der Waals surface area contributed by atoms with E-state index in [0.29, 0.717) is 24.4 Å². The third kappa shape index (κ3) is 5.03. The fourth-order valence-corrected chi connectivity index (χ4v) is 3.84. The van der Waals surface area contributed by atoms with Crippen LogP contribution in [0.3, 0.4) is 0 Å². The lowest BCUT2D eigenvalue weighted by atomic mass is 10.2. The standard InChI is InChI=1S/C20H23NO4S/c1-4-21(5-2)26(23,24)19-13-8-17(9-14-19)10-15-20(22)25-18-11-6-16(3)7-12-18/h6-15H,4-5H2,1-3H3/b15-10+. The van der Waals surface area contributed by atoms with Gasteiger partial charge in [0.1, 0.15) is 5.75 Å². The average molecular weight is 373 g/mol. The highest BCUT2D eigenvalue weighted by atomic mass is 32.2. The van der Waals surface area contributed by atoms with Crippen molar-refractivity contribution < 1.29 is 17.9 Å². The number of benzene rings is 2. The molecule has 0 amide bonds. The van der Waals surface area contributed by atoms with Crippen molar-refractivity contribution in [3.8, 4) is 5.75 Å². The molecule has 0 aliphatic heterocycles. The van der Waals surface area contributed by atoms with E-state index in [1.54, 1.807) is 56.3 Å². The van der Waals surface area contributed by atoms with Gasteiger partial charge in [-0.25, -0.2) is 13.2 Å². The number of hydrogen-bond acceptors (Lipinski definition) is 4. The van der Waals surface area contributed by atoms with Gasteiger partial charge in [0.15, 0.2) is 0 Å². The summed E-state index contributed by atoms with van der Waals surface area (Å²) in [6, 6.07) is 13.6. The number of nitrogens with zero attached hydrogens (tertiary/aromatic N) is 1. The molecule has 2 aromatic rings. The molecule has 2 aromatic carbocycles. The highest BCUT2D eigenvalue weighted by Gasteiger charge is 2.20. The summed E-state index contributed by atoms with van der Waals surface area (Å²) >= 11 is 0. The Balaban J connectivity index is 2.05. The number of carbonyl (C=O) groups is 1. The minimum absolute atomic E-state index is 0.237. The third-order valence-corrected chi connectivity index (χ3v) is 5.94. The van der Waals surface area contributed by atoms with Crippen molar-refractivity contribution in [3.05, 3.63) is 65.7 Å². The zero-order valence-corrected chi connectivity index (χ0v) is 16.0. The van der Waals surface area contributed by atoms with Gasteiger partial charge in [-0.2, -0.15) is 4.31 Å². The Morgan fingerprint density at radius 1 is 1.00 bits per heavy atom.